The Labute approximate surface area is 156 Å². The molecule has 134 valence electrons. The lowest BCUT2D eigenvalue weighted by molar-refractivity contribution is 0.235. The van der Waals surface area contributed by atoms with Gasteiger partial charge in [0.25, 0.3) is 0 Å². The van der Waals surface area contributed by atoms with Gasteiger partial charge in [0, 0.05) is 41.7 Å². The molecule has 0 amide bonds. The largest absolute Gasteiger partial charge is 0.464 e. The fourth-order valence-electron chi connectivity index (χ4n) is 3.34. The SMILES string of the molecule is CN1c2cc3oc(-c4ccc(N)cc4)nc3cc2OC1c1ccc(N)cc1. The standard InChI is InChI=1S/C21H18N4O2/c1-25-17-11-18-16(24-20(26-18)12-2-6-14(22)7-3-12)10-19(17)27-21(25)13-4-8-15(23)9-5-13/h2-11,21H,22-23H2,1H3. The van der Waals surface area contributed by atoms with Crippen LogP contribution < -0.4 is 21.1 Å². The van der Waals surface area contributed by atoms with Crippen LogP contribution in [0.25, 0.3) is 22.6 Å². The molecule has 0 spiro atoms. The van der Waals surface area contributed by atoms with Crippen LogP contribution in [0.5, 0.6) is 5.75 Å². The maximum absolute atomic E-state index is 6.17. The minimum absolute atomic E-state index is 0.205. The van der Waals surface area contributed by atoms with E-state index in [1.54, 1.807) is 0 Å². The van der Waals surface area contributed by atoms with E-state index in [1.807, 2.05) is 67.7 Å². The number of ether oxygens (including phenoxy) is 1. The van der Waals surface area contributed by atoms with Crippen LogP contribution in [0.4, 0.5) is 17.1 Å². The first-order valence-corrected chi connectivity index (χ1v) is 8.64. The van der Waals surface area contributed by atoms with Gasteiger partial charge in [-0.3, -0.25) is 0 Å². The van der Waals surface area contributed by atoms with Gasteiger partial charge in [0.15, 0.2) is 11.8 Å². The lowest BCUT2D eigenvalue weighted by Gasteiger charge is -2.20. The van der Waals surface area contributed by atoms with E-state index in [2.05, 4.69) is 9.88 Å². The van der Waals surface area contributed by atoms with Gasteiger partial charge >= 0.3 is 0 Å². The van der Waals surface area contributed by atoms with E-state index in [0.29, 0.717) is 17.2 Å². The summed E-state index contributed by atoms with van der Waals surface area (Å²) in [6, 6.07) is 19.0. The van der Waals surface area contributed by atoms with Gasteiger partial charge in [-0.1, -0.05) is 12.1 Å². The number of nitrogens with zero attached hydrogens (tertiary/aromatic N) is 2. The Hall–Kier alpha value is -3.67. The van der Waals surface area contributed by atoms with E-state index in [1.165, 1.54) is 0 Å². The summed E-state index contributed by atoms with van der Waals surface area (Å²) in [6.45, 7) is 0. The smallest absolute Gasteiger partial charge is 0.227 e. The molecule has 0 bridgehead atoms. The van der Waals surface area contributed by atoms with Crippen LogP contribution in [0, 0.1) is 0 Å². The van der Waals surface area contributed by atoms with Gasteiger partial charge < -0.3 is 25.5 Å². The number of nitrogen functional groups attached to an aromatic ring is 2. The third kappa shape index (κ3) is 2.54. The normalized spacial score (nSPS) is 15.7. The monoisotopic (exact) mass is 358 g/mol. The summed E-state index contributed by atoms with van der Waals surface area (Å²) in [6.07, 6.45) is -0.205. The Kier molecular flexibility index (Phi) is 3.27. The second-order valence-corrected chi connectivity index (χ2v) is 6.68. The molecule has 6 nitrogen and oxygen atoms in total. The van der Waals surface area contributed by atoms with Gasteiger partial charge in [0.2, 0.25) is 5.89 Å². The number of hydrogen-bond donors (Lipinski definition) is 2. The van der Waals surface area contributed by atoms with Crippen LogP contribution in [0.15, 0.2) is 65.1 Å². The maximum Gasteiger partial charge on any atom is 0.227 e. The molecule has 1 aliphatic rings. The number of oxazole rings is 1. The lowest BCUT2D eigenvalue weighted by Crippen LogP contribution is -2.22. The first-order chi connectivity index (χ1) is 13.1. The van der Waals surface area contributed by atoms with Gasteiger partial charge in [0.05, 0.1) is 5.69 Å². The molecular formula is C21H18N4O2. The van der Waals surface area contributed by atoms with Crippen LogP contribution >= 0.6 is 0 Å². The highest BCUT2D eigenvalue weighted by atomic mass is 16.5. The number of rotatable bonds is 2. The topological polar surface area (TPSA) is 90.5 Å². The molecule has 27 heavy (non-hydrogen) atoms. The summed E-state index contributed by atoms with van der Waals surface area (Å²) in [5, 5.41) is 0. The van der Waals surface area contributed by atoms with Gasteiger partial charge in [0.1, 0.15) is 11.3 Å². The zero-order chi connectivity index (χ0) is 18.5. The molecule has 0 radical (unpaired) electrons. The Balaban J connectivity index is 1.52. The molecule has 4 N–H and O–H groups in total. The number of hydrogen-bond acceptors (Lipinski definition) is 6. The van der Waals surface area contributed by atoms with Gasteiger partial charge in [-0.2, -0.15) is 0 Å². The van der Waals surface area contributed by atoms with Crippen molar-refractivity contribution < 1.29 is 9.15 Å². The van der Waals surface area contributed by atoms with Crippen molar-refractivity contribution in [3.05, 3.63) is 66.2 Å². The van der Waals surface area contributed by atoms with Crippen molar-refractivity contribution >= 4 is 28.2 Å². The Morgan fingerprint density at radius 3 is 2.30 bits per heavy atom. The zero-order valence-corrected chi connectivity index (χ0v) is 14.7. The van der Waals surface area contributed by atoms with Crippen molar-refractivity contribution in [1.82, 2.24) is 4.98 Å². The fourth-order valence-corrected chi connectivity index (χ4v) is 3.34. The van der Waals surface area contributed by atoms with Crippen LogP contribution in [-0.2, 0) is 0 Å². The average molecular weight is 358 g/mol. The molecule has 0 saturated carbocycles. The van der Waals surface area contributed by atoms with Gasteiger partial charge in [-0.15, -0.1) is 0 Å². The predicted octanol–water partition coefficient (Wildman–Crippen LogP) is 4.19. The highest BCUT2D eigenvalue weighted by Crippen LogP contribution is 2.45. The van der Waals surface area contributed by atoms with Crippen molar-refractivity contribution in [1.29, 1.82) is 0 Å². The van der Waals surface area contributed by atoms with Crippen LogP contribution in [-0.4, -0.2) is 12.0 Å². The van der Waals surface area contributed by atoms with Crippen molar-refractivity contribution in [2.24, 2.45) is 0 Å². The molecule has 2 heterocycles. The second-order valence-electron chi connectivity index (χ2n) is 6.68. The zero-order valence-electron chi connectivity index (χ0n) is 14.7. The Morgan fingerprint density at radius 1 is 0.926 bits per heavy atom. The quantitative estimate of drug-likeness (QED) is 0.522. The maximum atomic E-state index is 6.17. The first-order valence-electron chi connectivity index (χ1n) is 8.64. The summed E-state index contributed by atoms with van der Waals surface area (Å²) < 4.78 is 12.1. The molecule has 5 rings (SSSR count). The molecular weight excluding hydrogens is 340 g/mol. The molecule has 1 aromatic heterocycles. The third-order valence-electron chi connectivity index (χ3n) is 4.82. The molecule has 4 aromatic rings. The number of aromatic nitrogens is 1. The van der Waals surface area contributed by atoms with Crippen LogP contribution in [0.3, 0.4) is 0 Å². The highest BCUT2D eigenvalue weighted by molar-refractivity contribution is 5.85. The summed E-state index contributed by atoms with van der Waals surface area (Å²) in [7, 11) is 2.00. The summed E-state index contributed by atoms with van der Waals surface area (Å²) >= 11 is 0. The van der Waals surface area contributed by atoms with Crippen LogP contribution in [0.1, 0.15) is 11.8 Å². The Morgan fingerprint density at radius 2 is 1.59 bits per heavy atom. The number of benzene rings is 3. The molecule has 6 heteroatoms. The van der Waals surface area contributed by atoms with Crippen molar-refractivity contribution in [2.75, 3.05) is 23.4 Å². The van der Waals surface area contributed by atoms with E-state index >= 15 is 0 Å². The molecule has 0 aliphatic carbocycles. The molecule has 3 aromatic carbocycles. The third-order valence-corrected chi connectivity index (χ3v) is 4.82. The summed E-state index contributed by atoms with van der Waals surface area (Å²) in [5.41, 5.74) is 17.3. The van der Waals surface area contributed by atoms with Crippen LogP contribution in [0.2, 0.25) is 0 Å². The molecule has 1 aliphatic heterocycles. The minimum atomic E-state index is -0.205. The average Bonchev–Trinajstić information content (AvgIpc) is 3.22. The molecule has 1 unspecified atom stereocenters. The van der Waals surface area contributed by atoms with Crippen molar-refractivity contribution in [3.63, 3.8) is 0 Å². The molecule has 0 fully saturated rings. The minimum Gasteiger partial charge on any atom is -0.464 e. The van der Waals surface area contributed by atoms with E-state index in [9.17, 15) is 0 Å². The van der Waals surface area contributed by atoms with E-state index in [4.69, 9.17) is 20.6 Å². The highest BCUT2D eigenvalue weighted by Gasteiger charge is 2.30. The van der Waals surface area contributed by atoms with Crippen molar-refractivity contribution in [2.45, 2.75) is 6.23 Å². The first kappa shape index (κ1) is 15.6. The number of nitrogens with two attached hydrogens (primary N) is 2. The Bertz CT molecular complexity index is 1130. The molecule has 0 saturated heterocycles. The number of anilines is 3. The molecule has 1 atom stereocenters. The summed E-state index contributed by atoms with van der Waals surface area (Å²) in [4.78, 5) is 6.68. The van der Waals surface area contributed by atoms with E-state index < -0.39 is 0 Å². The fraction of sp³-hybridized carbons (Fsp3) is 0.0952. The van der Waals surface area contributed by atoms with Gasteiger partial charge in [-0.05, 0) is 36.4 Å². The van der Waals surface area contributed by atoms with Crippen molar-refractivity contribution in [3.8, 4) is 17.2 Å². The second kappa shape index (κ2) is 5.67. The predicted molar refractivity (Wildman–Crippen MR) is 106 cm³/mol. The van der Waals surface area contributed by atoms with E-state index in [-0.39, 0.29) is 6.23 Å². The van der Waals surface area contributed by atoms with E-state index in [0.717, 1.165) is 33.8 Å². The summed E-state index contributed by atoms with van der Waals surface area (Å²) in [5.74, 6) is 1.34. The van der Waals surface area contributed by atoms with Gasteiger partial charge in [-0.25, -0.2) is 4.98 Å². The lowest BCUT2D eigenvalue weighted by atomic mass is 10.1. The number of fused-ring (bicyclic) bond motifs is 2.